The van der Waals surface area contributed by atoms with Gasteiger partial charge in [0.2, 0.25) is 0 Å². The molecule has 0 aromatic rings. The Morgan fingerprint density at radius 2 is 1.89 bits per heavy atom. The molecule has 2 unspecified atom stereocenters. The molecule has 1 rings (SSSR count). The number of hydrogen-bond acceptors (Lipinski definition) is 3. The molecule has 0 amide bonds. The summed E-state index contributed by atoms with van der Waals surface area (Å²) in [5.41, 5.74) is 3.44. The minimum Gasteiger partial charge on any atom is -0.381 e. The average molecular weight is 256 g/mol. The number of hydrazine groups is 1. The van der Waals surface area contributed by atoms with Gasteiger partial charge in [0.25, 0.3) is 0 Å². The summed E-state index contributed by atoms with van der Waals surface area (Å²) in [6.45, 7) is 11.1. The van der Waals surface area contributed by atoms with Crippen LogP contribution in [0.15, 0.2) is 0 Å². The standard InChI is InChI=1S/C15H32N2O/c1-12(11-15(2,3)4)9-14(17-16)10-13-5-7-18-8-6-13/h12-14,17H,5-11,16H2,1-4H3. The van der Waals surface area contributed by atoms with Gasteiger partial charge in [0.1, 0.15) is 0 Å². The summed E-state index contributed by atoms with van der Waals surface area (Å²) in [6, 6.07) is 0.463. The van der Waals surface area contributed by atoms with Crippen molar-refractivity contribution in [3.63, 3.8) is 0 Å². The molecule has 2 atom stereocenters. The molecule has 1 heterocycles. The minimum absolute atomic E-state index is 0.414. The lowest BCUT2D eigenvalue weighted by atomic mass is 9.81. The van der Waals surface area contributed by atoms with Crippen molar-refractivity contribution < 1.29 is 4.74 Å². The second-order valence-electron chi connectivity index (χ2n) is 7.26. The Kier molecular flexibility index (Phi) is 6.61. The summed E-state index contributed by atoms with van der Waals surface area (Å²) < 4.78 is 5.41. The summed E-state index contributed by atoms with van der Waals surface area (Å²) in [4.78, 5) is 0. The molecule has 108 valence electrons. The Morgan fingerprint density at radius 1 is 1.28 bits per heavy atom. The molecular formula is C15H32N2O. The van der Waals surface area contributed by atoms with Gasteiger partial charge in [-0.05, 0) is 49.4 Å². The smallest absolute Gasteiger partial charge is 0.0468 e. The Labute approximate surface area is 113 Å². The van der Waals surface area contributed by atoms with Crippen molar-refractivity contribution in [2.75, 3.05) is 13.2 Å². The van der Waals surface area contributed by atoms with Crippen LogP contribution in [0.4, 0.5) is 0 Å². The molecule has 0 spiro atoms. The summed E-state index contributed by atoms with van der Waals surface area (Å²) in [5.74, 6) is 7.24. The fraction of sp³-hybridized carbons (Fsp3) is 1.00. The second kappa shape index (κ2) is 7.46. The van der Waals surface area contributed by atoms with Crippen LogP contribution >= 0.6 is 0 Å². The van der Waals surface area contributed by atoms with Crippen molar-refractivity contribution in [1.82, 2.24) is 5.43 Å². The fourth-order valence-corrected chi connectivity index (χ4v) is 3.23. The number of nitrogens with two attached hydrogens (primary N) is 1. The van der Waals surface area contributed by atoms with Crippen LogP contribution in [0.5, 0.6) is 0 Å². The first-order chi connectivity index (χ1) is 8.40. The van der Waals surface area contributed by atoms with Gasteiger partial charge in [-0.3, -0.25) is 11.3 Å². The van der Waals surface area contributed by atoms with E-state index in [1.165, 1.54) is 32.1 Å². The van der Waals surface area contributed by atoms with E-state index >= 15 is 0 Å². The number of hydrogen-bond donors (Lipinski definition) is 2. The molecule has 3 heteroatoms. The lowest BCUT2D eigenvalue weighted by Gasteiger charge is -2.30. The molecule has 0 saturated carbocycles. The first-order valence-corrected chi connectivity index (χ1v) is 7.44. The van der Waals surface area contributed by atoms with Crippen molar-refractivity contribution in [2.45, 2.75) is 65.8 Å². The van der Waals surface area contributed by atoms with Gasteiger partial charge in [0.15, 0.2) is 0 Å². The molecule has 0 bridgehead atoms. The molecule has 3 nitrogen and oxygen atoms in total. The topological polar surface area (TPSA) is 47.3 Å². The Bertz CT molecular complexity index is 219. The summed E-state index contributed by atoms with van der Waals surface area (Å²) in [5, 5.41) is 0. The van der Waals surface area contributed by atoms with Crippen LogP contribution in [0.1, 0.15) is 59.8 Å². The Balaban J connectivity index is 2.31. The monoisotopic (exact) mass is 256 g/mol. The quantitative estimate of drug-likeness (QED) is 0.567. The fourth-order valence-electron chi connectivity index (χ4n) is 3.23. The molecule has 0 aromatic carbocycles. The largest absolute Gasteiger partial charge is 0.381 e. The molecule has 1 fully saturated rings. The van der Waals surface area contributed by atoms with Crippen LogP contribution in [0.3, 0.4) is 0 Å². The van der Waals surface area contributed by atoms with E-state index in [9.17, 15) is 0 Å². The predicted octanol–water partition coefficient (Wildman–Crippen LogP) is 3.10. The first-order valence-electron chi connectivity index (χ1n) is 7.44. The third-order valence-corrected chi connectivity index (χ3v) is 3.84. The van der Waals surface area contributed by atoms with E-state index in [0.717, 1.165) is 25.0 Å². The molecule has 1 aliphatic heterocycles. The third-order valence-electron chi connectivity index (χ3n) is 3.84. The van der Waals surface area contributed by atoms with Crippen LogP contribution < -0.4 is 11.3 Å². The Morgan fingerprint density at radius 3 is 2.39 bits per heavy atom. The second-order valence-corrected chi connectivity index (χ2v) is 7.26. The molecule has 3 N–H and O–H groups in total. The lowest BCUT2D eigenvalue weighted by Crippen LogP contribution is -2.39. The highest BCUT2D eigenvalue weighted by atomic mass is 16.5. The normalized spacial score (nSPS) is 21.8. The van der Waals surface area contributed by atoms with Gasteiger partial charge < -0.3 is 4.74 Å². The van der Waals surface area contributed by atoms with E-state index in [0.29, 0.717) is 11.5 Å². The van der Waals surface area contributed by atoms with Gasteiger partial charge in [0.05, 0.1) is 0 Å². The third kappa shape index (κ3) is 6.72. The average Bonchev–Trinajstić information content (AvgIpc) is 2.27. The van der Waals surface area contributed by atoms with Crippen molar-refractivity contribution in [1.29, 1.82) is 0 Å². The zero-order valence-corrected chi connectivity index (χ0v) is 12.7. The number of nitrogens with one attached hydrogen (secondary N) is 1. The maximum Gasteiger partial charge on any atom is 0.0468 e. The highest BCUT2D eigenvalue weighted by Gasteiger charge is 2.22. The van der Waals surface area contributed by atoms with Crippen molar-refractivity contribution in [3.8, 4) is 0 Å². The molecule has 0 aliphatic carbocycles. The summed E-state index contributed by atoms with van der Waals surface area (Å²) >= 11 is 0. The van der Waals surface area contributed by atoms with Crippen LogP contribution in [0.2, 0.25) is 0 Å². The van der Waals surface area contributed by atoms with E-state index in [4.69, 9.17) is 10.6 Å². The SMILES string of the molecule is CC(CC(CC1CCOCC1)NN)CC(C)(C)C. The maximum atomic E-state index is 5.72. The molecule has 18 heavy (non-hydrogen) atoms. The first kappa shape index (κ1) is 15.9. The number of rotatable bonds is 6. The van der Waals surface area contributed by atoms with Gasteiger partial charge in [-0.1, -0.05) is 27.7 Å². The number of ether oxygens (including phenoxy) is 1. The zero-order valence-electron chi connectivity index (χ0n) is 12.7. The van der Waals surface area contributed by atoms with Gasteiger partial charge in [-0.2, -0.15) is 0 Å². The predicted molar refractivity (Wildman–Crippen MR) is 77.1 cm³/mol. The van der Waals surface area contributed by atoms with Gasteiger partial charge in [0, 0.05) is 19.3 Å². The van der Waals surface area contributed by atoms with Crippen LogP contribution in [0.25, 0.3) is 0 Å². The molecular weight excluding hydrogens is 224 g/mol. The molecule has 0 radical (unpaired) electrons. The maximum absolute atomic E-state index is 5.72. The van der Waals surface area contributed by atoms with Gasteiger partial charge in [-0.25, -0.2) is 0 Å². The van der Waals surface area contributed by atoms with Crippen LogP contribution in [-0.4, -0.2) is 19.3 Å². The highest BCUT2D eigenvalue weighted by molar-refractivity contribution is 4.76. The van der Waals surface area contributed by atoms with Gasteiger partial charge >= 0.3 is 0 Å². The lowest BCUT2D eigenvalue weighted by molar-refractivity contribution is 0.0593. The minimum atomic E-state index is 0.414. The van der Waals surface area contributed by atoms with E-state index in [-0.39, 0.29) is 0 Å². The molecule has 1 saturated heterocycles. The molecule has 0 aromatic heterocycles. The zero-order chi connectivity index (χ0) is 13.6. The molecule has 1 aliphatic rings. The van der Waals surface area contributed by atoms with E-state index in [1.807, 2.05) is 0 Å². The van der Waals surface area contributed by atoms with E-state index < -0.39 is 0 Å². The van der Waals surface area contributed by atoms with Gasteiger partial charge in [-0.15, -0.1) is 0 Å². The van der Waals surface area contributed by atoms with Crippen molar-refractivity contribution in [3.05, 3.63) is 0 Å². The van der Waals surface area contributed by atoms with Crippen molar-refractivity contribution in [2.24, 2.45) is 23.1 Å². The summed E-state index contributed by atoms with van der Waals surface area (Å²) in [6.07, 6.45) is 6.05. The summed E-state index contributed by atoms with van der Waals surface area (Å²) in [7, 11) is 0. The Hall–Kier alpha value is -0.120. The van der Waals surface area contributed by atoms with E-state index in [1.54, 1.807) is 0 Å². The van der Waals surface area contributed by atoms with Crippen LogP contribution in [-0.2, 0) is 4.74 Å². The highest BCUT2D eigenvalue weighted by Crippen LogP contribution is 2.29. The van der Waals surface area contributed by atoms with E-state index in [2.05, 4.69) is 33.1 Å². The van der Waals surface area contributed by atoms with Crippen molar-refractivity contribution >= 4 is 0 Å². The van der Waals surface area contributed by atoms with Crippen LogP contribution in [0, 0.1) is 17.3 Å².